The van der Waals surface area contributed by atoms with Gasteiger partial charge in [0, 0.05) is 42.2 Å². The van der Waals surface area contributed by atoms with E-state index in [1.807, 2.05) is 36.3 Å². The molecule has 3 heterocycles. The summed E-state index contributed by atoms with van der Waals surface area (Å²) in [7, 11) is 5.36. The number of pyridine rings is 1. The minimum Gasteiger partial charge on any atom is -0.491 e. The van der Waals surface area contributed by atoms with Gasteiger partial charge in [0.25, 0.3) is 5.88 Å². The van der Waals surface area contributed by atoms with Gasteiger partial charge in [-0.1, -0.05) is 0 Å². The molecule has 0 bridgehead atoms. The Bertz CT molecular complexity index is 925. The highest BCUT2D eigenvalue weighted by atomic mass is 32.2. The van der Waals surface area contributed by atoms with Crippen molar-refractivity contribution in [2.75, 3.05) is 31.9 Å². The van der Waals surface area contributed by atoms with E-state index in [1.54, 1.807) is 20.5 Å². The zero-order valence-electron chi connectivity index (χ0n) is 15.7. The van der Waals surface area contributed by atoms with Crippen LogP contribution < -0.4 is 14.4 Å². The van der Waals surface area contributed by atoms with Gasteiger partial charge < -0.3 is 19.4 Å². The van der Waals surface area contributed by atoms with E-state index in [0.29, 0.717) is 23.6 Å². The topological polar surface area (TPSA) is 76.2 Å². The molecule has 3 aromatic heterocycles. The molecule has 8 heteroatoms. The molecular weight excluding hydrogens is 362 g/mol. The molecule has 27 heavy (non-hydrogen) atoms. The highest BCUT2D eigenvalue weighted by Crippen LogP contribution is 2.39. The zero-order valence-corrected chi connectivity index (χ0v) is 16.5. The Morgan fingerprint density at radius 2 is 2.07 bits per heavy atom. The summed E-state index contributed by atoms with van der Waals surface area (Å²) < 4.78 is 10.5. The van der Waals surface area contributed by atoms with E-state index in [1.165, 1.54) is 12.8 Å². The molecule has 0 atom stereocenters. The number of hydrogen-bond donors (Lipinski definition) is 1. The molecule has 3 aromatic rings. The molecule has 4 rings (SSSR count). The van der Waals surface area contributed by atoms with E-state index in [-0.39, 0.29) is 0 Å². The van der Waals surface area contributed by atoms with Crippen molar-refractivity contribution in [3.05, 3.63) is 30.9 Å². The summed E-state index contributed by atoms with van der Waals surface area (Å²) in [5.74, 6) is 3.96. The number of thioether (sulfide) groups is 1. The lowest BCUT2D eigenvalue weighted by Gasteiger charge is -2.41. The number of fused-ring (bicyclic) bond motifs is 1. The Morgan fingerprint density at radius 1 is 1.22 bits per heavy atom. The monoisotopic (exact) mass is 385 g/mol. The molecule has 1 saturated carbocycles. The number of aromatic amines is 1. The number of ether oxygens (including phenoxy) is 2. The van der Waals surface area contributed by atoms with Gasteiger partial charge in [0.1, 0.15) is 17.8 Å². The molecule has 0 amide bonds. The number of nitrogens with one attached hydrogen (secondary N) is 1. The molecule has 1 N–H and O–H groups in total. The van der Waals surface area contributed by atoms with Crippen LogP contribution in [-0.2, 0) is 0 Å². The highest BCUT2D eigenvalue weighted by molar-refractivity contribution is 7.99. The average Bonchev–Trinajstić information content (AvgIpc) is 3.15. The highest BCUT2D eigenvalue weighted by Gasteiger charge is 2.33. The Morgan fingerprint density at radius 3 is 2.85 bits per heavy atom. The summed E-state index contributed by atoms with van der Waals surface area (Å²) in [5, 5.41) is 1.08. The molecule has 0 aromatic carbocycles. The number of anilines is 1. The van der Waals surface area contributed by atoms with Gasteiger partial charge in [-0.3, -0.25) is 0 Å². The van der Waals surface area contributed by atoms with Crippen LogP contribution in [0, 0.1) is 5.92 Å². The van der Waals surface area contributed by atoms with Crippen LogP contribution in [-0.4, -0.2) is 53.0 Å². The summed E-state index contributed by atoms with van der Waals surface area (Å²) in [6.07, 6.45) is 7.72. The first kappa shape index (κ1) is 17.9. The minimum atomic E-state index is 0.520. The molecule has 0 radical (unpaired) electrons. The molecule has 0 spiro atoms. The van der Waals surface area contributed by atoms with E-state index in [2.05, 4.69) is 31.9 Å². The third kappa shape index (κ3) is 3.53. The number of nitrogens with zero attached hydrogens (tertiary/aromatic N) is 4. The fourth-order valence-corrected chi connectivity index (χ4v) is 4.49. The normalized spacial score (nSPS) is 18.9. The second kappa shape index (κ2) is 7.64. The minimum absolute atomic E-state index is 0.520. The van der Waals surface area contributed by atoms with E-state index in [9.17, 15) is 0 Å². The Balaban J connectivity index is 1.33. The van der Waals surface area contributed by atoms with Crippen LogP contribution in [0.1, 0.15) is 12.8 Å². The number of rotatable bonds is 7. The van der Waals surface area contributed by atoms with Crippen molar-refractivity contribution >= 4 is 28.6 Å². The molecule has 142 valence electrons. The molecule has 0 aliphatic heterocycles. The van der Waals surface area contributed by atoms with Gasteiger partial charge in [-0.05, 0) is 24.8 Å². The predicted molar refractivity (Wildman–Crippen MR) is 107 cm³/mol. The Hall–Kier alpha value is -2.48. The van der Waals surface area contributed by atoms with Crippen LogP contribution in [0.4, 0.5) is 5.82 Å². The summed E-state index contributed by atoms with van der Waals surface area (Å²) in [6.45, 7) is 0. The van der Waals surface area contributed by atoms with Crippen LogP contribution in [0.3, 0.4) is 0 Å². The third-order valence-corrected chi connectivity index (χ3v) is 6.31. The van der Waals surface area contributed by atoms with Gasteiger partial charge in [0.15, 0.2) is 5.75 Å². The zero-order chi connectivity index (χ0) is 18.8. The van der Waals surface area contributed by atoms with Crippen LogP contribution in [0.2, 0.25) is 0 Å². The van der Waals surface area contributed by atoms with E-state index < -0.39 is 0 Å². The van der Waals surface area contributed by atoms with Crippen LogP contribution >= 0.6 is 11.8 Å². The van der Waals surface area contributed by atoms with Gasteiger partial charge in [-0.2, -0.15) is 0 Å². The maximum atomic E-state index is 5.33. The van der Waals surface area contributed by atoms with Crippen molar-refractivity contribution in [1.82, 2.24) is 19.9 Å². The molecule has 1 aliphatic carbocycles. The van der Waals surface area contributed by atoms with Gasteiger partial charge in [-0.25, -0.2) is 15.0 Å². The Kier molecular flexibility index (Phi) is 5.07. The van der Waals surface area contributed by atoms with Crippen molar-refractivity contribution in [2.45, 2.75) is 23.8 Å². The lowest BCUT2D eigenvalue weighted by atomic mass is 9.81. The van der Waals surface area contributed by atoms with Gasteiger partial charge in [-0.15, -0.1) is 11.8 Å². The van der Waals surface area contributed by atoms with Crippen molar-refractivity contribution in [3.63, 3.8) is 0 Å². The largest absolute Gasteiger partial charge is 0.491 e. The van der Waals surface area contributed by atoms with Crippen molar-refractivity contribution in [3.8, 4) is 11.6 Å². The second-order valence-corrected chi connectivity index (χ2v) is 7.83. The first-order chi connectivity index (χ1) is 13.2. The number of hydrogen-bond acceptors (Lipinski definition) is 7. The van der Waals surface area contributed by atoms with Gasteiger partial charge in [0.05, 0.1) is 19.6 Å². The van der Waals surface area contributed by atoms with E-state index in [0.717, 1.165) is 27.5 Å². The van der Waals surface area contributed by atoms with Gasteiger partial charge >= 0.3 is 0 Å². The first-order valence-corrected chi connectivity index (χ1v) is 9.90. The summed E-state index contributed by atoms with van der Waals surface area (Å²) >= 11 is 1.82. The van der Waals surface area contributed by atoms with Crippen molar-refractivity contribution in [1.29, 1.82) is 0 Å². The summed E-state index contributed by atoms with van der Waals surface area (Å²) in [4.78, 5) is 19.6. The Labute approximate surface area is 162 Å². The summed E-state index contributed by atoms with van der Waals surface area (Å²) in [5.41, 5.74) is 0.888. The van der Waals surface area contributed by atoms with E-state index >= 15 is 0 Å². The smallest absolute Gasteiger partial charge is 0.256 e. The number of H-pyrrole nitrogens is 1. The molecular formula is C19H23N5O2S. The molecule has 7 nitrogen and oxygen atoms in total. The van der Waals surface area contributed by atoms with Gasteiger partial charge in [0.2, 0.25) is 0 Å². The van der Waals surface area contributed by atoms with Crippen molar-refractivity contribution < 1.29 is 9.47 Å². The average molecular weight is 385 g/mol. The lowest BCUT2D eigenvalue weighted by Crippen LogP contribution is -2.43. The van der Waals surface area contributed by atoms with Crippen LogP contribution in [0.25, 0.3) is 11.0 Å². The lowest BCUT2D eigenvalue weighted by molar-refractivity contribution is 0.286. The van der Waals surface area contributed by atoms with Crippen LogP contribution in [0.15, 0.2) is 35.7 Å². The van der Waals surface area contributed by atoms with Crippen molar-refractivity contribution in [2.24, 2.45) is 5.92 Å². The number of methoxy groups -OCH3 is 2. The first-order valence-electron chi connectivity index (χ1n) is 8.91. The maximum absolute atomic E-state index is 5.33. The van der Waals surface area contributed by atoms with Crippen LogP contribution in [0.5, 0.6) is 11.6 Å². The second-order valence-electron chi connectivity index (χ2n) is 6.73. The molecule has 0 saturated heterocycles. The SMILES string of the molecule is COc1cc(SCC2CC(N(C)c3ncnc4[nH]ccc34)C2)cnc1OC. The van der Waals surface area contributed by atoms with E-state index in [4.69, 9.17) is 9.47 Å². The standard InChI is InChI=1S/C19H23N5O2S/c1-24(18-15-4-5-20-17(15)22-11-23-18)13-6-12(7-13)10-27-14-8-16(25-2)19(26-3)21-9-14/h4-5,8-9,11-13H,6-7,10H2,1-3H3,(H,20,22,23). The fraction of sp³-hybridized carbons (Fsp3) is 0.421. The molecule has 0 unspecified atom stereocenters. The molecule has 1 aliphatic rings. The summed E-state index contributed by atoms with van der Waals surface area (Å²) in [6, 6.07) is 4.55. The third-order valence-electron chi connectivity index (χ3n) is 5.12. The molecule has 1 fully saturated rings. The fourth-order valence-electron chi connectivity index (χ4n) is 3.47. The predicted octanol–water partition coefficient (Wildman–Crippen LogP) is 3.38. The quantitative estimate of drug-likeness (QED) is 0.625. The number of aromatic nitrogens is 4. The maximum Gasteiger partial charge on any atom is 0.256 e.